The zero-order valence-corrected chi connectivity index (χ0v) is 23.2. The van der Waals surface area contributed by atoms with E-state index in [1.807, 2.05) is 54.6 Å². The van der Waals surface area contributed by atoms with E-state index < -0.39 is 0 Å². The summed E-state index contributed by atoms with van der Waals surface area (Å²) in [7, 11) is 3.26. The molecule has 0 aliphatic heterocycles. The van der Waals surface area contributed by atoms with Crippen molar-refractivity contribution in [1.82, 2.24) is 9.97 Å². The van der Waals surface area contributed by atoms with Crippen LogP contribution < -0.4 is 19.1 Å². The highest BCUT2D eigenvalue weighted by Crippen LogP contribution is 2.32. The van der Waals surface area contributed by atoms with E-state index in [4.69, 9.17) is 24.2 Å². The maximum atomic E-state index is 9.36. The smallest absolute Gasteiger partial charge is 0.318 e. The number of rotatable bonds is 13. The molecule has 0 aliphatic rings. The molecule has 39 heavy (non-hydrogen) atoms. The Morgan fingerprint density at radius 1 is 0.846 bits per heavy atom. The molecule has 0 unspecified atom stereocenters. The first-order chi connectivity index (χ1) is 19.1. The standard InChI is InChI=1S/C32H36N4O3/c1-5-7-17-36(16-6-2)31-27-21-26(25-10-8-9-24(19-25)22-33)12-13-28(27)34-32(35-31)39-18-15-23-11-14-29(37-3)30(20-23)38-4/h8-14,19-21H,5-7,15-18H2,1-4H3. The van der Waals surface area contributed by atoms with Gasteiger partial charge in [-0.2, -0.15) is 15.2 Å². The number of hydrogen-bond donors (Lipinski definition) is 0. The van der Waals surface area contributed by atoms with Gasteiger partial charge in [0.25, 0.3) is 0 Å². The second-order valence-electron chi connectivity index (χ2n) is 9.38. The number of nitriles is 1. The van der Waals surface area contributed by atoms with E-state index in [2.05, 4.69) is 30.9 Å². The maximum absolute atomic E-state index is 9.36. The Morgan fingerprint density at radius 2 is 1.67 bits per heavy atom. The molecule has 4 aromatic rings. The number of benzene rings is 3. The fourth-order valence-electron chi connectivity index (χ4n) is 4.58. The molecule has 7 heteroatoms. The van der Waals surface area contributed by atoms with Crippen LogP contribution >= 0.6 is 0 Å². The van der Waals surface area contributed by atoms with Gasteiger partial charge in [0.2, 0.25) is 0 Å². The zero-order chi connectivity index (χ0) is 27.6. The Kier molecular flexibility index (Phi) is 9.58. The van der Waals surface area contributed by atoms with Crippen LogP contribution in [0.3, 0.4) is 0 Å². The highest BCUT2D eigenvalue weighted by molar-refractivity contribution is 5.93. The number of fused-ring (bicyclic) bond motifs is 1. The summed E-state index contributed by atoms with van der Waals surface area (Å²) in [6.45, 7) is 6.62. The summed E-state index contributed by atoms with van der Waals surface area (Å²) in [5.41, 5.74) is 4.57. The van der Waals surface area contributed by atoms with Crippen molar-refractivity contribution in [3.05, 3.63) is 71.8 Å². The summed E-state index contributed by atoms with van der Waals surface area (Å²) in [6.07, 6.45) is 3.86. The molecular weight excluding hydrogens is 488 g/mol. The molecule has 202 valence electrons. The molecule has 1 aromatic heterocycles. The van der Waals surface area contributed by atoms with Gasteiger partial charge in [-0.15, -0.1) is 0 Å². The molecule has 0 amide bonds. The van der Waals surface area contributed by atoms with Crippen molar-refractivity contribution in [2.24, 2.45) is 0 Å². The van der Waals surface area contributed by atoms with E-state index in [1.165, 1.54) is 0 Å². The normalized spacial score (nSPS) is 10.7. The van der Waals surface area contributed by atoms with Gasteiger partial charge < -0.3 is 19.1 Å². The summed E-state index contributed by atoms with van der Waals surface area (Å²) in [5.74, 6) is 2.28. The first kappa shape index (κ1) is 27.7. The third-order valence-corrected chi connectivity index (χ3v) is 6.62. The van der Waals surface area contributed by atoms with Crippen LogP contribution in [0.2, 0.25) is 0 Å². The number of anilines is 1. The van der Waals surface area contributed by atoms with E-state index in [1.54, 1.807) is 14.2 Å². The van der Waals surface area contributed by atoms with Gasteiger partial charge in [-0.1, -0.05) is 44.5 Å². The molecule has 0 bridgehead atoms. The predicted molar refractivity (Wildman–Crippen MR) is 156 cm³/mol. The molecule has 0 atom stereocenters. The summed E-state index contributed by atoms with van der Waals surface area (Å²) in [6, 6.07) is 22.3. The lowest BCUT2D eigenvalue weighted by Crippen LogP contribution is -2.27. The molecule has 0 saturated heterocycles. The summed E-state index contributed by atoms with van der Waals surface area (Å²) >= 11 is 0. The minimum Gasteiger partial charge on any atom is -0.493 e. The van der Waals surface area contributed by atoms with Crippen molar-refractivity contribution in [2.45, 2.75) is 39.5 Å². The first-order valence-electron chi connectivity index (χ1n) is 13.5. The monoisotopic (exact) mass is 524 g/mol. The van der Waals surface area contributed by atoms with E-state index in [0.29, 0.717) is 36.1 Å². The van der Waals surface area contributed by atoms with Gasteiger partial charge in [-0.25, -0.2) is 0 Å². The molecule has 0 saturated carbocycles. The number of aromatic nitrogens is 2. The van der Waals surface area contributed by atoms with Crippen molar-refractivity contribution in [2.75, 3.05) is 38.8 Å². The Morgan fingerprint density at radius 3 is 2.41 bits per heavy atom. The maximum Gasteiger partial charge on any atom is 0.318 e. The molecule has 0 aliphatic carbocycles. The van der Waals surface area contributed by atoms with Gasteiger partial charge in [0, 0.05) is 24.9 Å². The molecule has 4 rings (SSSR count). The van der Waals surface area contributed by atoms with E-state index >= 15 is 0 Å². The Hall–Kier alpha value is -4.31. The van der Waals surface area contributed by atoms with Crippen molar-refractivity contribution in [3.8, 4) is 34.7 Å². The number of nitrogens with zero attached hydrogens (tertiary/aromatic N) is 4. The number of methoxy groups -OCH3 is 2. The average Bonchev–Trinajstić information content (AvgIpc) is 2.98. The Balaban J connectivity index is 1.66. The van der Waals surface area contributed by atoms with E-state index in [0.717, 1.165) is 65.8 Å². The van der Waals surface area contributed by atoms with Crippen LogP contribution in [0.15, 0.2) is 60.7 Å². The van der Waals surface area contributed by atoms with Crippen molar-refractivity contribution < 1.29 is 14.2 Å². The third kappa shape index (κ3) is 6.77. The number of hydrogen-bond acceptors (Lipinski definition) is 7. The molecule has 7 nitrogen and oxygen atoms in total. The van der Waals surface area contributed by atoms with Gasteiger partial charge in [0.05, 0.1) is 38.0 Å². The molecule has 1 heterocycles. The van der Waals surface area contributed by atoms with Gasteiger partial charge in [0.1, 0.15) is 5.82 Å². The second-order valence-corrected chi connectivity index (χ2v) is 9.38. The molecule has 0 radical (unpaired) electrons. The summed E-state index contributed by atoms with van der Waals surface area (Å²) in [4.78, 5) is 12.0. The molecule has 0 N–H and O–H groups in total. The largest absolute Gasteiger partial charge is 0.493 e. The molecular formula is C32H36N4O3. The molecule has 3 aromatic carbocycles. The van der Waals surface area contributed by atoms with Crippen LogP contribution in [0.25, 0.3) is 22.0 Å². The highest BCUT2D eigenvalue weighted by Gasteiger charge is 2.16. The van der Waals surface area contributed by atoms with Crippen LogP contribution in [0, 0.1) is 11.3 Å². The average molecular weight is 525 g/mol. The second kappa shape index (κ2) is 13.5. The Bertz CT molecular complexity index is 1450. The first-order valence-corrected chi connectivity index (χ1v) is 13.5. The van der Waals surface area contributed by atoms with Crippen LogP contribution in [-0.2, 0) is 6.42 Å². The minimum atomic E-state index is 0.370. The molecule has 0 spiro atoms. The minimum absolute atomic E-state index is 0.370. The van der Waals surface area contributed by atoms with Crippen LogP contribution in [-0.4, -0.2) is 43.9 Å². The number of unbranched alkanes of at least 4 members (excludes halogenated alkanes) is 1. The lowest BCUT2D eigenvalue weighted by Gasteiger charge is -2.25. The summed E-state index contributed by atoms with van der Waals surface area (Å²) in [5, 5.41) is 10.3. The van der Waals surface area contributed by atoms with Crippen LogP contribution in [0.1, 0.15) is 44.2 Å². The van der Waals surface area contributed by atoms with Crippen LogP contribution in [0.4, 0.5) is 5.82 Å². The number of ether oxygens (including phenoxy) is 3. The van der Waals surface area contributed by atoms with Crippen molar-refractivity contribution >= 4 is 16.7 Å². The topological polar surface area (TPSA) is 80.5 Å². The fraction of sp³-hybridized carbons (Fsp3) is 0.344. The quantitative estimate of drug-likeness (QED) is 0.190. The van der Waals surface area contributed by atoms with Crippen molar-refractivity contribution in [1.29, 1.82) is 5.26 Å². The SMILES string of the molecule is CCCCN(CCC)c1nc(OCCc2ccc(OC)c(OC)c2)nc2ccc(-c3cccc(C#N)c3)cc12. The predicted octanol–water partition coefficient (Wildman–Crippen LogP) is 6.82. The van der Waals surface area contributed by atoms with E-state index in [-0.39, 0.29) is 0 Å². The lowest BCUT2D eigenvalue weighted by molar-refractivity contribution is 0.297. The Labute approximate surface area is 231 Å². The van der Waals surface area contributed by atoms with Gasteiger partial charge >= 0.3 is 6.01 Å². The van der Waals surface area contributed by atoms with Crippen LogP contribution in [0.5, 0.6) is 17.5 Å². The highest BCUT2D eigenvalue weighted by atomic mass is 16.5. The fourth-order valence-corrected chi connectivity index (χ4v) is 4.58. The van der Waals surface area contributed by atoms with Crippen molar-refractivity contribution in [3.63, 3.8) is 0 Å². The van der Waals surface area contributed by atoms with Gasteiger partial charge in [0.15, 0.2) is 11.5 Å². The van der Waals surface area contributed by atoms with Gasteiger partial charge in [-0.3, -0.25) is 0 Å². The summed E-state index contributed by atoms with van der Waals surface area (Å²) < 4.78 is 16.9. The lowest BCUT2D eigenvalue weighted by atomic mass is 10.0. The zero-order valence-electron chi connectivity index (χ0n) is 23.2. The molecule has 0 fully saturated rings. The van der Waals surface area contributed by atoms with E-state index in [9.17, 15) is 5.26 Å². The van der Waals surface area contributed by atoms with Gasteiger partial charge in [-0.05, 0) is 65.9 Å². The third-order valence-electron chi connectivity index (χ3n) is 6.62.